The van der Waals surface area contributed by atoms with Crippen LogP contribution in [0.15, 0.2) is 114 Å². The molecular weight excluding hydrogens is 456 g/mol. The van der Waals surface area contributed by atoms with Crippen molar-refractivity contribution in [2.45, 2.75) is 13.5 Å². The van der Waals surface area contributed by atoms with Gasteiger partial charge in [0.2, 0.25) is 0 Å². The molecule has 35 heavy (non-hydrogen) atoms. The van der Waals surface area contributed by atoms with E-state index in [0.29, 0.717) is 39.9 Å². The van der Waals surface area contributed by atoms with Crippen molar-refractivity contribution < 1.29 is 9.53 Å². The summed E-state index contributed by atoms with van der Waals surface area (Å²) < 4.78 is 6.15. The molecule has 5 rings (SSSR count). The van der Waals surface area contributed by atoms with E-state index in [1.54, 1.807) is 12.1 Å². The Morgan fingerprint density at radius 2 is 1.57 bits per heavy atom. The van der Waals surface area contributed by atoms with Crippen LogP contribution in [0.4, 0.5) is 5.69 Å². The minimum absolute atomic E-state index is 0.209. The van der Waals surface area contributed by atoms with E-state index in [1.807, 2.05) is 84.9 Å². The lowest BCUT2D eigenvalue weighted by molar-refractivity contribution is -0.114. The highest BCUT2D eigenvalue weighted by atomic mass is 35.5. The third-order valence-corrected chi connectivity index (χ3v) is 5.95. The maximum atomic E-state index is 13.6. The third-order valence-electron chi connectivity index (χ3n) is 5.71. The highest BCUT2D eigenvalue weighted by molar-refractivity contribution is 6.37. The molecule has 0 fully saturated rings. The average Bonchev–Trinajstić information content (AvgIpc) is 3.21. The molecule has 0 saturated carbocycles. The van der Waals surface area contributed by atoms with E-state index in [1.165, 1.54) is 10.6 Å². The molecule has 0 saturated heterocycles. The predicted molar refractivity (Wildman–Crippen MR) is 142 cm³/mol. The molecule has 0 aliphatic carbocycles. The van der Waals surface area contributed by atoms with Crippen molar-refractivity contribution in [2.75, 3.05) is 5.01 Å². The van der Waals surface area contributed by atoms with Crippen molar-refractivity contribution in [1.82, 2.24) is 0 Å². The summed E-state index contributed by atoms with van der Waals surface area (Å²) in [4.78, 5) is 13.6. The summed E-state index contributed by atoms with van der Waals surface area (Å²) in [6.45, 7) is 2.46. The zero-order valence-electron chi connectivity index (χ0n) is 19.2. The fourth-order valence-corrected chi connectivity index (χ4v) is 4.04. The molecule has 0 aromatic heterocycles. The molecule has 4 aromatic carbocycles. The summed E-state index contributed by atoms with van der Waals surface area (Å²) >= 11 is 6.34. The number of halogens is 1. The standard InChI is InChI=1S/C30H23ClN2O2/c1-21-12-14-22(15-13-21)20-35-28-17-16-25(31)18-24(28)19-27-29(23-8-4-2-5-9-23)32-33(30(27)34)26-10-6-3-7-11-26/h2-19H,20H2,1H3/b27-19-. The van der Waals surface area contributed by atoms with Crippen molar-refractivity contribution in [3.05, 3.63) is 136 Å². The first-order valence-electron chi connectivity index (χ1n) is 11.3. The Balaban J connectivity index is 1.54. The maximum absolute atomic E-state index is 13.6. The number of hydrazone groups is 1. The van der Waals surface area contributed by atoms with Gasteiger partial charge in [-0.1, -0.05) is 90.0 Å². The van der Waals surface area contributed by atoms with E-state index in [9.17, 15) is 4.79 Å². The van der Waals surface area contributed by atoms with Crippen LogP contribution in [0.2, 0.25) is 5.02 Å². The Bertz CT molecular complexity index is 1410. The van der Waals surface area contributed by atoms with Gasteiger partial charge in [0.25, 0.3) is 5.91 Å². The predicted octanol–water partition coefficient (Wildman–Crippen LogP) is 7.06. The van der Waals surface area contributed by atoms with Crippen LogP contribution in [0.5, 0.6) is 5.75 Å². The van der Waals surface area contributed by atoms with Crippen LogP contribution in [0.3, 0.4) is 0 Å². The average molecular weight is 479 g/mol. The molecule has 0 spiro atoms. The van der Waals surface area contributed by atoms with Gasteiger partial charge in [0.15, 0.2) is 0 Å². The molecule has 4 nitrogen and oxygen atoms in total. The second-order valence-electron chi connectivity index (χ2n) is 8.28. The molecule has 1 amide bonds. The van der Waals surface area contributed by atoms with Crippen molar-refractivity contribution in [1.29, 1.82) is 0 Å². The summed E-state index contributed by atoms with van der Waals surface area (Å²) in [6.07, 6.45) is 1.81. The highest BCUT2D eigenvalue weighted by Gasteiger charge is 2.32. The minimum atomic E-state index is -0.209. The first-order valence-corrected chi connectivity index (χ1v) is 11.7. The molecule has 1 aliphatic rings. The van der Waals surface area contributed by atoms with Gasteiger partial charge in [0, 0.05) is 16.1 Å². The van der Waals surface area contributed by atoms with Crippen LogP contribution in [0.25, 0.3) is 6.08 Å². The summed E-state index contributed by atoms with van der Waals surface area (Å²) in [5.41, 5.74) is 5.60. The normalized spacial score (nSPS) is 14.3. The molecule has 0 bridgehead atoms. The minimum Gasteiger partial charge on any atom is -0.488 e. The highest BCUT2D eigenvalue weighted by Crippen LogP contribution is 2.31. The van der Waals surface area contributed by atoms with E-state index in [4.69, 9.17) is 21.4 Å². The van der Waals surface area contributed by atoms with Crippen LogP contribution < -0.4 is 9.75 Å². The van der Waals surface area contributed by atoms with Gasteiger partial charge in [0.1, 0.15) is 18.1 Å². The molecule has 0 atom stereocenters. The first-order chi connectivity index (χ1) is 17.1. The van der Waals surface area contributed by atoms with Crippen LogP contribution in [-0.2, 0) is 11.4 Å². The lowest BCUT2D eigenvalue weighted by Gasteiger charge is -2.12. The van der Waals surface area contributed by atoms with Crippen molar-refractivity contribution >= 4 is 35.0 Å². The Morgan fingerprint density at radius 3 is 2.29 bits per heavy atom. The van der Waals surface area contributed by atoms with E-state index in [0.717, 1.165) is 11.1 Å². The summed E-state index contributed by atoms with van der Waals surface area (Å²) in [5.74, 6) is 0.431. The molecule has 0 radical (unpaired) electrons. The molecule has 0 unspecified atom stereocenters. The lowest BCUT2D eigenvalue weighted by Crippen LogP contribution is -2.21. The molecule has 5 heteroatoms. The van der Waals surface area contributed by atoms with Gasteiger partial charge >= 0.3 is 0 Å². The van der Waals surface area contributed by atoms with Gasteiger partial charge in [-0.25, -0.2) is 0 Å². The second kappa shape index (κ2) is 10.00. The topological polar surface area (TPSA) is 41.9 Å². The second-order valence-corrected chi connectivity index (χ2v) is 8.72. The van der Waals surface area contributed by atoms with E-state index in [-0.39, 0.29) is 5.91 Å². The van der Waals surface area contributed by atoms with Crippen molar-refractivity contribution in [2.24, 2.45) is 5.10 Å². The van der Waals surface area contributed by atoms with Gasteiger partial charge in [-0.15, -0.1) is 0 Å². The molecule has 172 valence electrons. The molecule has 1 heterocycles. The number of rotatable bonds is 6. The van der Waals surface area contributed by atoms with Crippen LogP contribution in [0, 0.1) is 6.92 Å². The van der Waals surface area contributed by atoms with Crippen molar-refractivity contribution in [3.63, 3.8) is 0 Å². The van der Waals surface area contributed by atoms with E-state index >= 15 is 0 Å². The Kier molecular flexibility index (Phi) is 6.47. The number of aryl methyl sites for hydroxylation is 1. The number of benzene rings is 4. The Hall–Kier alpha value is -4.15. The Labute approximate surface area is 209 Å². The summed E-state index contributed by atoms with van der Waals surface area (Å²) in [6, 6.07) is 32.7. The number of ether oxygens (including phenoxy) is 1. The first kappa shape index (κ1) is 22.6. The zero-order chi connectivity index (χ0) is 24.2. The number of hydrogen-bond donors (Lipinski definition) is 0. The number of carbonyl (C=O) groups is 1. The van der Waals surface area contributed by atoms with E-state index < -0.39 is 0 Å². The number of nitrogens with zero attached hydrogens (tertiary/aromatic N) is 2. The van der Waals surface area contributed by atoms with Crippen molar-refractivity contribution in [3.8, 4) is 5.75 Å². The fourth-order valence-electron chi connectivity index (χ4n) is 3.86. The Morgan fingerprint density at radius 1 is 0.886 bits per heavy atom. The SMILES string of the molecule is Cc1ccc(COc2ccc(Cl)cc2/C=C2\C(=O)N(c3ccccc3)N=C2c2ccccc2)cc1. The number of hydrogen-bond acceptors (Lipinski definition) is 3. The number of anilines is 1. The third kappa shape index (κ3) is 5.03. The number of carbonyl (C=O) groups excluding carboxylic acids is 1. The summed E-state index contributed by atoms with van der Waals surface area (Å²) in [7, 11) is 0. The zero-order valence-corrected chi connectivity index (χ0v) is 19.9. The largest absolute Gasteiger partial charge is 0.488 e. The van der Waals surface area contributed by atoms with Gasteiger partial charge < -0.3 is 4.74 Å². The van der Waals surface area contributed by atoms with Crippen LogP contribution in [-0.4, -0.2) is 11.6 Å². The van der Waals surface area contributed by atoms with Gasteiger partial charge in [-0.05, 0) is 48.9 Å². The van der Waals surface area contributed by atoms with Gasteiger partial charge in [0.05, 0.1) is 11.3 Å². The smallest absolute Gasteiger partial charge is 0.281 e. The van der Waals surface area contributed by atoms with Gasteiger partial charge in [-0.3, -0.25) is 4.79 Å². The van der Waals surface area contributed by atoms with Crippen LogP contribution in [0.1, 0.15) is 22.3 Å². The van der Waals surface area contributed by atoms with Crippen LogP contribution >= 0.6 is 11.6 Å². The molecular formula is C30H23ClN2O2. The quantitative estimate of drug-likeness (QED) is 0.278. The molecule has 4 aromatic rings. The van der Waals surface area contributed by atoms with E-state index in [2.05, 4.69) is 19.1 Å². The number of para-hydroxylation sites is 1. The fraction of sp³-hybridized carbons (Fsp3) is 0.0667. The lowest BCUT2D eigenvalue weighted by atomic mass is 10.00. The maximum Gasteiger partial charge on any atom is 0.281 e. The monoisotopic (exact) mass is 478 g/mol. The molecule has 0 N–H and O–H groups in total. The number of amides is 1. The summed E-state index contributed by atoms with van der Waals surface area (Å²) in [5, 5.41) is 6.69. The molecule has 1 aliphatic heterocycles. The van der Waals surface area contributed by atoms with Gasteiger partial charge in [-0.2, -0.15) is 10.1 Å².